The number of oxazole rings is 1. The Kier molecular flexibility index (Phi) is 17.4. The second kappa shape index (κ2) is 25.2. The fourth-order valence-electron chi connectivity index (χ4n) is 8.31. The average molecular weight is 1140 g/mol. The predicted octanol–water partition coefficient (Wildman–Crippen LogP) is 5.69. The predicted molar refractivity (Wildman–Crippen MR) is 285 cm³/mol. The highest BCUT2D eigenvalue weighted by atomic mass is 32.2. The zero-order valence-electron chi connectivity index (χ0n) is 42.9. The molecule has 26 heteroatoms. The Morgan fingerprint density at radius 1 is 0.753 bits per heavy atom. The third-order valence-corrected chi connectivity index (χ3v) is 14.2. The molecule has 4 heterocycles. The van der Waals surface area contributed by atoms with Gasteiger partial charge in [0.25, 0.3) is 17.8 Å². The number of rotatable bonds is 20. The lowest BCUT2D eigenvalue weighted by Gasteiger charge is -2.49. The van der Waals surface area contributed by atoms with E-state index in [4.69, 9.17) is 38.7 Å². The zero-order valence-corrected chi connectivity index (χ0v) is 44.5. The number of hydrogen-bond donors (Lipinski definition) is 2. The molecule has 2 atom stereocenters. The first kappa shape index (κ1) is 55.8. The maximum absolute atomic E-state index is 14.9. The van der Waals surface area contributed by atoms with Crippen LogP contribution >= 0.6 is 23.5 Å². The number of nitrogen functional groups attached to an aromatic ring is 1. The number of nitrogens with one attached hydrogen (secondary N) is 1. The quantitative estimate of drug-likeness (QED) is 0.0176. The number of carbonyl (C=O) groups is 8. The molecule has 2 aliphatic heterocycles. The number of thioether (sulfide) groups is 2. The van der Waals surface area contributed by atoms with E-state index in [-0.39, 0.29) is 34.6 Å². The number of fused-ring (bicyclic) bond motifs is 1. The van der Waals surface area contributed by atoms with Gasteiger partial charge >= 0.3 is 35.8 Å². The van der Waals surface area contributed by atoms with Crippen LogP contribution in [0.25, 0.3) is 0 Å². The Balaban J connectivity index is 0.977. The summed E-state index contributed by atoms with van der Waals surface area (Å²) in [7, 11) is 0. The molecule has 3 N–H and O–H groups in total. The van der Waals surface area contributed by atoms with Crippen LogP contribution in [-0.4, -0.2) is 106 Å². The Hall–Kier alpha value is -9.95. The Morgan fingerprint density at radius 3 is 1.79 bits per heavy atom. The van der Waals surface area contributed by atoms with Crippen LogP contribution in [0.15, 0.2) is 166 Å². The van der Waals surface area contributed by atoms with E-state index in [0.29, 0.717) is 16.7 Å². The van der Waals surface area contributed by atoms with Gasteiger partial charge in [-0.3, -0.25) is 33.7 Å². The van der Waals surface area contributed by atoms with E-state index in [1.54, 1.807) is 48.5 Å². The number of oxime groups is 1. The molecule has 0 spiro atoms. The highest BCUT2D eigenvalue weighted by molar-refractivity contribution is 8.01. The molecule has 9 rings (SSSR count). The van der Waals surface area contributed by atoms with E-state index in [9.17, 15) is 38.4 Å². The second-order valence-corrected chi connectivity index (χ2v) is 19.5. The molecule has 2 aromatic heterocycles. The van der Waals surface area contributed by atoms with Gasteiger partial charge in [0, 0.05) is 32.3 Å². The van der Waals surface area contributed by atoms with Crippen molar-refractivity contribution in [2.45, 2.75) is 56.1 Å². The first-order valence-corrected chi connectivity index (χ1v) is 26.4. The average Bonchev–Trinajstić information content (AvgIpc) is 4.18. The van der Waals surface area contributed by atoms with Crippen LogP contribution in [0.4, 0.5) is 6.01 Å². The summed E-state index contributed by atoms with van der Waals surface area (Å²) in [6.45, 7) is 2.69. The third kappa shape index (κ3) is 13.3. The number of tetrazole rings is 1. The molecule has 81 heavy (non-hydrogen) atoms. The smallest absolute Gasteiger partial charge is 0.366 e. The van der Waals surface area contributed by atoms with Crippen molar-refractivity contribution in [1.82, 2.24) is 35.4 Å². The van der Waals surface area contributed by atoms with Gasteiger partial charge < -0.3 is 44.0 Å². The molecule has 412 valence electrons. The van der Waals surface area contributed by atoms with Crippen LogP contribution in [-0.2, 0) is 54.4 Å². The van der Waals surface area contributed by atoms with Crippen molar-refractivity contribution in [1.29, 1.82) is 0 Å². The minimum absolute atomic E-state index is 0.0192. The fraction of sp³-hybridized carbons (Fsp3) is 0.182. The molecule has 5 aromatic carbocycles. The SMILES string of the molecule is CC(=O)Oc1cc(C(=O)O/N=C(\C(=O)N[C@@H]2C(=O)N3C(C(=O)OC(c4ccccc4)c4ccccc4)=C(CSc4nnnn4CC(=O)OC(c4ccccc4)c4ccccc4)CS[C@@H]23)c2coc(N)n2)cc(OC(C)=O)c1OC(C)=O. The van der Waals surface area contributed by atoms with Gasteiger partial charge in [-0.2, -0.15) is 4.98 Å². The normalized spacial score (nSPS) is 14.8. The van der Waals surface area contributed by atoms with Crippen molar-refractivity contribution in [3.05, 3.63) is 185 Å². The van der Waals surface area contributed by atoms with E-state index < -0.39 is 106 Å². The largest absolute Gasteiger partial charge is 0.451 e. The summed E-state index contributed by atoms with van der Waals surface area (Å²) in [5, 5.41) is 17.6. The first-order chi connectivity index (χ1) is 39.1. The van der Waals surface area contributed by atoms with Crippen LogP contribution in [0.1, 0.15) is 71.3 Å². The van der Waals surface area contributed by atoms with Crippen molar-refractivity contribution in [3.63, 3.8) is 0 Å². The number of aromatic nitrogens is 5. The number of hydrogen-bond acceptors (Lipinski definition) is 23. The van der Waals surface area contributed by atoms with Crippen LogP contribution < -0.4 is 25.3 Å². The molecule has 7 aromatic rings. The summed E-state index contributed by atoms with van der Waals surface area (Å²) in [5.74, 6) is -8.82. The number of esters is 5. The van der Waals surface area contributed by atoms with Gasteiger partial charge in [-0.15, -0.1) is 16.9 Å². The number of ether oxygens (including phenoxy) is 5. The molecule has 1 fully saturated rings. The first-order valence-electron chi connectivity index (χ1n) is 24.3. The molecule has 0 bridgehead atoms. The summed E-state index contributed by atoms with van der Waals surface area (Å²) in [4.78, 5) is 117. The molecule has 0 radical (unpaired) electrons. The number of nitrogens with two attached hydrogens (primary N) is 1. The number of amides is 2. The van der Waals surface area contributed by atoms with Crippen LogP contribution in [0.5, 0.6) is 17.2 Å². The standard InChI is InChI=1S/C55H45N9O15S2/c1-30(65)74-40-24-37(25-41(75-31(2)66)48(40)76-32(3)67)52(71)79-60-43(39-27-73-54(56)57-39)49(69)58-44-50(70)64-45(53(72)78-47(35-20-12-6-13-21-35)36-22-14-7-15-23-36)38(28-80-51(44)64)29-81-55-59-61-62-63(55)26-42(68)77-46(33-16-8-4-9-17-33)34-18-10-5-11-19-34/h4-25,27,44,46-47,51H,26,28-29H2,1-3H3,(H2,56,57)(H,58,69)/b60-43-/t44-,51+/m1/s1. The Labute approximate surface area is 467 Å². The van der Waals surface area contributed by atoms with Crippen LogP contribution in [0.3, 0.4) is 0 Å². The number of nitrogens with zero attached hydrogens (tertiary/aromatic N) is 7. The van der Waals surface area contributed by atoms with Crippen molar-refractivity contribution >= 4 is 82.9 Å². The van der Waals surface area contributed by atoms with Gasteiger partial charge in [0.2, 0.25) is 10.9 Å². The van der Waals surface area contributed by atoms with Crippen molar-refractivity contribution in [3.8, 4) is 17.2 Å². The Morgan fingerprint density at radius 2 is 1.28 bits per heavy atom. The van der Waals surface area contributed by atoms with Crippen LogP contribution in [0, 0.1) is 0 Å². The highest BCUT2D eigenvalue weighted by Crippen LogP contribution is 2.44. The molecule has 2 aliphatic rings. The van der Waals surface area contributed by atoms with E-state index >= 15 is 0 Å². The second-order valence-electron chi connectivity index (χ2n) is 17.5. The monoisotopic (exact) mass is 1140 g/mol. The van der Waals surface area contributed by atoms with E-state index in [2.05, 4.69) is 31.0 Å². The number of carbonyl (C=O) groups excluding carboxylic acids is 8. The summed E-state index contributed by atoms with van der Waals surface area (Å²) in [6.07, 6.45) is -0.728. The number of β-lactam (4-membered cyclic amide) rings is 1. The molecule has 0 saturated carbocycles. The summed E-state index contributed by atoms with van der Waals surface area (Å²) < 4.78 is 34.1. The highest BCUT2D eigenvalue weighted by Gasteiger charge is 2.55. The topological polar surface area (TPSA) is 315 Å². The van der Waals surface area contributed by atoms with E-state index in [1.165, 1.54) is 21.3 Å². The van der Waals surface area contributed by atoms with E-state index in [1.807, 2.05) is 72.8 Å². The third-order valence-electron chi connectivity index (χ3n) is 11.8. The van der Waals surface area contributed by atoms with Crippen molar-refractivity contribution in [2.75, 3.05) is 17.2 Å². The van der Waals surface area contributed by atoms with Gasteiger partial charge in [0.15, 0.2) is 29.4 Å². The van der Waals surface area contributed by atoms with Gasteiger partial charge in [-0.1, -0.05) is 138 Å². The zero-order chi connectivity index (χ0) is 57.2. The molecule has 0 aliphatic carbocycles. The van der Waals surface area contributed by atoms with Gasteiger partial charge in [-0.05, 0) is 50.4 Å². The minimum Gasteiger partial charge on any atom is -0.451 e. The molecule has 2 amide bonds. The fourth-order valence-corrected chi connectivity index (χ4v) is 10.7. The van der Waals surface area contributed by atoms with Crippen LogP contribution in [0.2, 0.25) is 0 Å². The summed E-state index contributed by atoms with van der Waals surface area (Å²) in [5.41, 5.74) is 7.30. The lowest BCUT2D eigenvalue weighted by atomic mass is 10.0. The van der Waals surface area contributed by atoms with Gasteiger partial charge in [-0.25, -0.2) is 14.3 Å². The van der Waals surface area contributed by atoms with Crippen molar-refractivity contribution < 1.29 is 71.3 Å². The summed E-state index contributed by atoms with van der Waals surface area (Å²) in [6, 6.07) is 36.6. The number of benzene rings is 5. The molecule has 0 unspecified atom stereocenters. The van der Waals surface area contributed by atoms with Gasteiger partial charge in [0.05, 0.1) is 5.56 Å². The lowest BCUT2D eigenvalue weighted by Crippen LogP contribution is -2.71. The molecule has 1 saturated heterocycles. The maximum atomic E-state index is 14.9. The Bertz CT molecular complexity index is 3480. The summed E-state index contributed by atoms with van der Waals surface area (Å²) >= 11 is 2.29. The molecular weight excluding hydrogens is 1090 g/mol. The van der Waals surface area contributed by atoms with Gasteiger partial charge in [0.1, 0.15) is 35.6 Å². The minimum atomic E-state index is -1.33. The number of anilines is 1. The maximum Gasteiger partial charge on any atom is 0.366 e. The van der Waals surface area contributed by atoms with Crippen molar-refractivity contribution in [2.24, 2.45) is 5.16 Å². The van der Waals surface area contributed by atoms with E-state index in [0.717, 1.165) is 62.1 Å². The molecule has 24 nitrogen and oxygen atoms in total. The lowest BCUT2D eigenvalue weighted by molar-refractivity contribution is -0.154. The molecular formula is C55H45N9O15S2.